The van der Waals surface area contributed by atoms with Crippen LogP contribution in [0.4, 0.5) is 4.39 Å². The molecule has 0 heterocycles. The first kappa shape index (κ1) is 13.0. The predicted octanol–water partition coefficient (Wildman–Crippen LogP) is 2.13. The summed E-state index contributed by atoms with van der Waals surface area (Å²) in [6.07, 6.45) is 3.68. The first-order valence-corrected chi connectivity index (χ1v) is 6.39. The van der Waals surface area contributed by atoms with Gasteiger partial charge in [0, 0.05) is 17.6 Å². The third kappa shape index (κ3) is 3.07. The molecule has 98 valence electrons. The van der Waals surface area contributed by atoms with Crippen molar-refractivity contribution in [1.29, 1.82) is 0 Å². The summed E-state index contributed by atoms with van der Waals surface area (Å²) in [4.78, 5) is 11.9. The van der Waals surface area contributed by atoms with Gasteiger partial charge in [0.1, 0.15) is 5.82 Å². The molecule has 0 aromatic heterocycles. The first-order valence-electron chi connectivity index (χ1n) is 6.39. The van der Waals surface area contributed by atoms with Crippen molar-refractivity contribution in [3.8, 4) is 0 Å². The van der Waals surface area contributed by atoms with Crippen molar-refractivity contribution in [2.45, 2.75) is 44.7 Å². The molecule has 0 saturated heterocycles. The van der Waals surface area contributed by atoms with Crippen molar-refractivity contribution in [3.63, 3.8) is 0 Å². The predicted molar refractivity (Wildman–Crippen MR) is 68.8 cm³/mol. The van der Waals surface area contributed by atoms with Crippen LogP contribution < -0.4 is 11.1 Å². The topological polar surface area (TPSA) is 55.1 Å². The lowest BCUT2D eigenvalue weighted by molar-refractivity contribution is 0.0925. The second-order valence-corrected chi connectivity index (χ2v) is 5.05. The highest BCUT2D eigenvalue weighted by atomic mass is 19.1. The van der Waals surface area contributed by atoms with E-state index in [4.69, 9.17) is 5.73 Å². The Hall–Kier alpha value is -1.42. The second kappa shape index (κ2) is 5.48. The standard InChI is InChI=1S/C14H19FN2O/c1-9-2-3-10(8-13(9)15)14(18)17-12-6-4-11(16)5-7-12/h2-3,8,11-12H,4-7,16H2,1H3,(H,17,18). The number of nitrogens with two attached hydrogens (primary N) is 1. The number of aryl methyl sites for hydroxylation is 1. The lowest BCUT2D eigenvalue weighted by Gasteiger charge is -2.26. The van der Waals surface area contributed by atoms with Gasteiger partial charge in [0.25, 0.3) is 5.91 Å². The quantitative estimate of drug-likeness (QED) is 0.845. The van der Waals surface area contributed by atoms with E-state index in [0.717, 1.165) is 25.7 Å². The van der Waals surface area contributed by atoms with E-state index in [1.807, 2.05) is 0 Å². The molecular formula is C14H19FN2O. The van der Waals surface area contributed by atoms with Gasteiger partial charge in [-0.1, -0.05) is 6.07 Å². The molecule has 1 saturated carbocycles. The van der Waals surface area contributed by atoms with Crippen molar-refractivity contribution >= 4 is 5.91 Å². The maximum Gasteiger partial charge on any atom is 0.251 e. The van der Waals surface area contributed by atoms with Gasteiger partial charge < -0.3 is 11.1 Å². The Kier molecular flexibility index (Phi) is 3.97. The Morgan fingerprint density at radius 3 is 2.61 bits per heavy atom. The zero-order chi connectivity index (χ0) is 13.1. The number of nitrogens with one attached hydrogen (secondary N) is 1. The van der Waals surface area contributed by atoms with Crippen LogP contribution in [-0.4, -0.2) is 18.0 Å². The lowest BCUT2D eigenvalue weighted by Crippen LogP contribution is -2.40. The molecular weight excluding hydrogens is 231 g/mol. The van der Waals surface area contributed by atoms with Crippen molar-refractivity contribution in [2.75, 3.05) is 0 Å². The van der Waals surface area contributed by atoms with Crippen LogP contribution in [0.15, 0.2) is 18.2 Å². The number of amides is 1. The average molecular weight is 250 g/mol. The van der Waals surface area contributed by atoms with Crippen molar-refractivity contribution in [3.05, 3.63) is 35.1 Å². The van der Waals surface area contributed by atoms with Crippen molar-refractivity contribution in [2.24, 2.45) is 5.73 Å². The van der Waals surface area contributed by atoms with E-state index in [9.17, 15) is 9.18 Å². The van der Waals surface area contributed by atoms with Crippen LogP contribution in [0.3, 0.4) is 0 Å². The highest BCUT2D eigenvalue weighted by Gasteiger charge is 2.20. The van der Waals surface area contributed by atoms with E-state index in [1.54, 1.807) is 19.1 Å². The summed E-state index contributed by atoms with van der Waals surface area (Å²) in [5.74, 6) is -0.539. The highest BCUT2D eigenvalue weighted by Crippen LogP contribution is 2.17. The van der Waals surface area contributed by atoms with Crippen molar-refractivity contribution < 1.29 is 9.18 Å². The number of halogens is 1. The largest absolute Gasteiger partial charge is 0.349 e. The van der Waals surface area contributed by atoms with Crippen molar-refractivity contribution in [1.82, 2.24) is 5.32 Å². The number of carbonyl (C=O) groups excluding carboxylic acids is 1. The number of hydrogen-bond acceptors (Lipinski definition) is 2. The zero-order valence-electron chi connectivity index (χ0n) is 10.6. The smallest absolute Gasteiger partial charge is 0.251 e. The molecule has 1 aromatic rings. The maximum atomic E-state index is 13.4. The van der Waals surface area contributed by atoms with E-state index in [0.29, 0.717) is 11.1 Å². The molecule has 2 rings (SSSR count). The van der Waals surface area contributed by atoms with Gasteiger partial charge >= 0.3 is 0 Å². The molecule has 0 spiro atoms. The Morgan fingerprint density at radius 2 is 2.00 bits per heavy atom. The van der Waals surface area contributed by atoms with Crippen LogP contribution in [0.25, 0.3) is 0 Å². The Balaban J connectivity index is 1.97. The lowest BCUT2D eigenvalue weighted by atomic mass is 9.91. The number of hydrogen-bond donors (Lipinski definition) is 2. The molecule has 3 N–H and O–H groups in total. The van der Waals surface area contributed by atoms with Gasteiger partial charge in [0.05, 0.1) is 0 Å². The van der Waals surface area contributed by atoms with Crippen LogP contribution >= 0.6 is 0 Å². The van der Waals surface area contributed by atoms with Gasteiger partial charge in [-0.25, -0.2) is 4.39 Å². The third-order valence-corrected chi connectivity index (χ3v) is 3.54. The fourth-order valence-corrected chi connectivity index (χ4v) is 2.27. The molecule has 0 unspecified atom stereocenters. The summed E-state index contributed by atoms with van der Waals surface area (Å²) in [5, 5.41) is 2.94. The second-order valence-electron chi connectivity index (χ2n) is 5.05. The van der Waals surface area contributed by atoms with Gasteiger partial charge in [-0.3, -0.25) is 4.79 Å². The molecule has 1 aliphatic rings. The molecule has 0 radical (unpaired) electrons. The molecule has 4 heteroatoms. The first-order chi connectivity index (χ1) is 8.56. The summed E-state index contributed by atoms with van der Waals surface area (Å²) in [6.45, 7) is 1.68. The third-order valence-electron chi connectivity index (χ3n) is 3.54. The van der Waals surface area contributed by atoms with Gasteiger partial charge in [-0.15, -0.1) is 0 Å². The summed E-state index contributed by atoms with van der Waals surface area (Å²) < 4.78 is 13.4. The minimum absolute atomic E-state index is 0.168. The zero-order valence-corrected chi connectivity index (χ0v) is 10.6. The summed E-state index contributed by atoms with van der Waals surface area (Å²) in [5.41, 5.74) is 6.75. The van der Waals surface area contributed by atoms with Crippen LogP contribution in [0.2, 0.25) is 0 Å². The molecule has 18 heavy (non-hydrogen) atoms. The van der Waals surface area contributed by atoms with Gasteiger partial charge in [0.2, 0.25) is 0 Å². The molecule has 0 aliphatic heterocycles. The normalized spacial score (nSPS) is 23.7. The molecule has 1 fully saturated rings. The summed E-state index contributed by atoms with van der Waals surface area (Å²) >= 11 is 0. The molecule has 1 aliphatic carbocycles. The van der Waals surface area contributed by atoms with Gasteiger partial charge in [0.15, 0.2) is 0 Å². The minimum atomic E-state index is -0.340. The number of carbonyl (C=O) groups is 1. The van der Waals surface area contributed by atoms with Crippen LogP contribution in [0.1, 0.15) is 41.6 Å². The van der Waals surface area contributed by atoms with Gasteiger partial charge in [-0.2, -0.15) is 0 Å². The fraction of sp³-hybridized carbons (Fsp3) is 0.500. The fourth-order valence-electron chi connectivity index (χ4n) is 2.27. The van der Waals surface area contributed by atoms with Gasteiger partial charge in [-0.05, 0) is 50.3 Å². The Labute approximate surface area is 107 Å². The van der Waals surface area contributed by atoms with Crippen LogP contribution in [-0.2, 0) is 0 Å². The van der Waals surface area contributed by atoms with E-state index < -0.39 is 0 Å². The molecule has 3 nitrogen and oxygen atoms in total. The average Bonchev–Trinajstić information content (AvgIpc) is 2.35. The SMILES string of the molecule is Cc1ccc(C(=O)NC2CCC(N)CC2)cc1F. The van der Waals surface area contributed by atoms with E-state index in [1.165, 1.54) is 6.07 Å². The van der Waals surface area contributed by atoms with E-state index >= 15 is 0 Å². The summed E-state index contributed by atoms with van der Waals surface area (Å²) in [7, 11) is 0. The maximum absolute atomic E-state index is 13.4. The molecule has 1 amide bonds. The molecule has 0 atom stereocenters. The van der Waals surface area contributed by atoms with Crippen LogP contribution in [0.5, 0.6) is 0 Å². The van der Waals surface area contributed by atoms with Crippen LogP contribution in [0, 0.1) is 12.7 Å². The Morgan fingerprint density at radius 1 is 1.33 bits per heavy atom. The molecule has 0 bridgehead atoms. The summed E-state index contributed by atoms with van der Waals surface area (Å²) in [6, 6.07) is 5.00. The van der Waals surface area contributed by atoms with E-state index in [2.05, 4.69) is 5.32 Å². The number of benzene rings is 1. The monoisotopic (exact) mass is 250 g/mol. The highest BCUT2D eigenvalue weighted by molar-refractivity contribution is 5.94. The molecule has 1 aromatic carbocycles. The minimum Gasteiger partial charge on any atom is -0.349 e. The number of rotatable bonds is 2. The van der Waals surface area contributed by atoms with E-state index in [-0.39, 0.29) is 23.8 Å². The Bertz CT molecular complexity index is 439.